The lowest BCUT2D eigenvalue weighted by atomic mass is 10.1. The summed E-state index contributed by atoms with van der Waals surface area (Å²) in [6, 6.07) is 6.13. The Labute approximate surface area is 124 Å². The number of hydrogen-bond acceptors (Lipinski definition) is 4. The summed E-state index contributed by atoms with van der Waals surface area (Å²) in [5, 5.41) is 31.2. The quantitative estimate of drug-likeness (QED) is 0.505. The fourth-order valence-electron chi connectivity index (χ4n) is 1.56. The number of rotatable bonds is 2. The van der Waals surface area contributed by atoms with Gasteiger partial charge < -0.3 is 20.6 Å². The number of phenolic OH excluding ortho intramolecular Hbond substituents is 3. The molecule has 0 atom stereocenters. The molecule has 20 heavy (non-hydrogen) atoms. The van der Waals surface area contributed by atoms with Gasteiger partial charge in [0.05, 0.1) is 16.3 Å². The van der Waals surface area contributed by atoms with Gasteiger partial charge in [-0.2, -0.15) is 0 Å². The van der Waals surface area contributed by atoms with E-state index < -0.39 is 5.91 Å². The molecule has 0 aliphatic carbocycles. The van der Waals surface area contributed by atoms with Crippen molar-refractivity contribution in [2.24, 2.45) is 0 Å². The van der Waals surface area contributed by atoms with E-state index in [1.165, 1.54) is 24.3 Å². The number of aromatic hydroxyl groups is 3. The van der Waals surface area contributed by atoms with E-state index in [1.807, 2.05) is 0 Å². The normalized spacial score (nSPS) is 10.3. The van der Waals surface area contributed by atoms with Gasteiger partial charge in [-0.05, 0) is 30.3 Å². The molecule has 2 rings (SSSR count). The largest absolute Gasteiger partial charge is 0.508 e. The molecule has 0 spiro atoms. The molecule has 5 nitrogen and oxygen atoms in total. The molecule has 1 amide bonds. The third kappa shape index (κ3) is 2.89. The van der Waals surface area contributed by atoms with Gasteiger partial charge in [0.1, 0.15) is 11.5 Å². The Morgan fingerprint density at radius 3 is 2.45 bits per heavy atom. The summed E-state index contributed by atoms with van der Waals surface area (Å²) in [6.07, 6.45) is 0. The number of phenols is 3. The van der Waals surface area contributed by atoms with Crippen LogP contribution in [0.25, 0.3) is 0 Å². The first kappa shape index (κ1) is 14.3. The van der Waals surface area contributed by atoms with Crippen LogP contribution in [0.4, 0.5) is 5.69 Å². The fourth-order valence-corrected chi connectivity index (χ4v) is 2.05. The van der Waals surface area contributed by atoms with Crippen LogP contribution in [0, 0.1) is 0 Å². The summed E-state index contributed by atoms with van der Waals surface area (Å²) >= 11 is 11.5. The van der Waals surface area contributed by atoms with Crippen molar-refractivity contribution < 1.29 is 20.1 Å². The second-order valence-corrected chi connectivity index (χ2v) is 4.78. The van der Waals surface area contributed by atoms with Gasteiger partial charge in [0.2, 0.25) is 0 Å². The maximum Gasteiger partial charge on any atom is 0.259 e. The lowest BCUT2D eigenvalue weighted by molar-refractivity contribution is 0.102. The number of carbonyl (C=O) groups is 1. The third-order valence-corrected chi connectivity index (χ3v) is 3.01. The maximum atomic E-state index is 12.0. The minimum Gasteiger partial charge on any atom is -0.508 e. The molecule has 0 aliphatic heterocycles. The smallest absolute Gasteiger partial charge is 0.259 e. The first-order chi connectivity index (χ1) is 9.38. The van der Waals surface area contributed by atoms with Crippen molar-refractivity contribution in [3.05, 3.63) is 45.9 Å². The molecule has 7 heteroatoms. The first-order valence-electron chi connectivity index (χ1n) is 5.40. The predicted octanol–water partition coefficient (Wildman–Crippen LogP) is 3.36. The lowest BCUT2D eigenvalue weighted by Gasteiger charge is -2.10. The molecule has 0 fully saturated rings. The molecule has 0 aliphatic rings. The molecule has 104 valence electrons. The predicted molar refractivity (Wildman–Crippen MR) is 75.9 cm³/mol. The van der Waals surface area contributed by atoms with Crippen LogP contribution < -0.4 is 5.32 Å². The van der Waals surface area contributed by atoms with Crippen LogP contribution in [0.3, 0.4) is 0 Å². The van der Waals surface area contributed by atoms with E-state index in [4.69, 9.17) is 23.2 Å². The standard InChI is InChI=1S/C13H9Cl2NO4/c14-6-3-9(15)12(19)10(4-6)16-13(20)8-5-7(17)1-2-11(8)18/h1-5,17-19H,(H,16,20). The zero-order valence-electron chi connectivity index (χ0n) is 9.89. The number of hydrogen-bond donors (Lipinski definition) is 4. The zero-order valence-corrected chi connectivity index (χ0v) is 11.4. The van der Waals surface area contributed by atoms with Gasteiger partial charge in [-0.15, -0.1) is 0 Å². The summed E-state index contributed by atoms with van der Waals surface area (Å²) in [5.41, 5.74) is -0.157. The van der Waals surface area contributed by atoms with E-state index in [-0.39, 0.29) is 38.5 Å². The van der Waals surface area contributed by atoms with Gasteiger partial charge in [-0.25, -0.2) is 0 Å². The van der Waals surface area contributed by atoms with Crippen molar-refractivity contribution in [1.82, 2.24) is 0 Å². The Morgan fingerprint density at radius 1 is 1.05 bits per heavy atom. The van der Waals surface area contributed by atoms with Crippen molar-refractivity contribution in [3.8, 4) is 17.2 Å². The zero-order chi connectivity index (χ0) is 14.9. The van der Waals surface area contributed by atoms with Crippen molar-refractivity contribution in [2.75, 3.05) is 5.32 Å². The third-order valence-electron chi connectivity index (χ3n) is 2.50. The topological polar surface area (TPSA) is 89.8 Å². The highest BCUT2D eigenvalue weighted by Gasteiger charge is 2.15. The molecular weight excluding hydrogens is 305 g/mol. The first-order valence-corrected chi connectivity index (χ1v) is 6.15. The molecular formula is C13H9Cl2NO4. The van der Waals surface area contributed by atoms with E-state index in [0.717, 1.165) is 6.07 Å². The monoisotopic (exact) mass is 313 g/mol. The average molecular weight is 314 g/mol. The molecule has 0 unspecified atom stereocenters. The highest BCUT2D eigenvalue weighted by atomic mass is 35.5. The van der Waals surface area contributed by atoms with Crippen LogP contribution >= 0.6 is 23.2 Å². The second-order valence-electron chi connectivity index (χ2n) is 3.94. The number of benzene rings is 2. The van der Waals surface area contributed by atoms with E-state index in [9.17, 15) is 20.1 Å². The van der Waals surface area contributed by atoms with Gasteiger partial charge in [-0.3, -0.25) is 4.79 Å². The van der Waals surface area contributed by atoms with Crippen LogP contribution in [-0.2, 0) is 0 Å². The molecule has 4 N–H and O–H groups in total. The van der Waals surface area contributed by atoms with Crippen LogP contribution in [-0.4, -0.2) is 21.2 Å². The molecule has 0 radical (unpaired) electrons. The van der Waals surface area contributed by atoms with Gasteiger partial charge >= 0.3 is 0 Å². The van der Waals surface area contributed by atoms with Crippen molar-refractivity contribution >= 4 is 34.8 Å². The summed E-state index contributed by atoms with van der Waals surface area (Å²) < 4.78 is 0. The Balaban J connectivity index is 2.35. The summed E-state index contributed by atoms with van der Waals surface area (Å²) in [7, 11) is 0. The van der Waals surface area contributed by atoms with E-state index >= 15 is 0 Å². The Hall–Kier alpha value is -2.11. The minimum absolute atomic E-state index is 0.00440. The fraction of sp³-hybridized carbons (Fsp3) is 0. The summed E-state index contributed by atoms with van der Waals surface area (Å²) in [4.78, 5) is 12.0. The number of nitrogens with one attached hydrogen (secondary N) is 1. The highest BCUT2D eigenvalue weighted by molar-refractivity contribution is 6.36. The van der Waals surface area contributed by atoms with E-state index in [1.54, 1.807) is 0 Å². The van der Waals surface area contributed by atoms with Gasteiger partial charge in [0.15, 0.2) is 5.75 Å². The SMILES string of the molecule is O=C(Nc1cc(Cl)cc(Cl)c1O)c1cc(O)ccc1O. The van der Waals surface area contributed by atoms with E-state index in [2.05, 4.69) is 5.32 Å². The van der Waals surface area contributed by atoms with Crippen LogP contribution in [0.1, 0.15) is 10.4 Å². The van der Waals surface area contributed by atoms with Gasteiger partial charge in [0, 0.05) is 5.02 Å². The van der Waals surface area contributed by atoms with Crippen molar-refractivity contribution in [3.63, 3.8) is 0 Å². The molecule has 0 heterocycles. The van der Waals surface area contributed by atoms with Gasteiger partial charge in [0.25, 0.3) is 5.91 Å². The van der Waals surface area contributed by atoms with E-state index in [0.29, 0.717) is 0 Å². The lowest BCUT2D eigenvalue weighted by Crippen LogP contribution is -2.12. The number of amides is 1. The number of halogens is 2. The molecule has 0 bridgehead atoms. The molecule has 2 aromatic carbocycles. The molecule has 0 saturated carbocycles. The van der Waals surface area contributed by atoms with Crippen LogP contribution in [0.5, 0.6) is 17.2 Å². The Kier molecular flexibility index (Phi) is 3.92. The maximum absolute atomic E-state index is 12.0. The molecule has 0 saturated heterocycles. The van der Waals surface area contributed by atoms with Crippen molar-refractivity contribution in [2.45, 2.75) is 0 Å². The Morgan fingerprint density at radius 2 is 1.75 bits per heavy atom. The number of anilines is 1. The molecule has 0 aromatic heterocycles. The van der Waals surface area contributed by atoms with Crippen LogP contribution in [0.2, 0.25) is 10.0 Å². The average Bonchev–Trinajstić information content (AvgIpc) is 2.38. The number of carbonyl (C=O) groups excluding carboxylic acids is 1. The molecule has 2 aromatic rings. The second kappa shape index (κ2) is 5.48. The summed E-state index contributed by atoms with van der Waals surface area (Å²) in [6.45, 7) is 0. The van der Waals surface area contributed by atoms with Crippen molar-refractivity contribution in [1.29, 1.82) is 0 Å². The van der Waals surface area contributed by atoms with Crippen LogP contribution in [0.15, 0.2) is 30.3 Å². The van der Waals surface area contributed by atoms with Gasteiger partial charge in [-0.1, -0.05) is 23.2 Å². The summed E-state index contributed by atoms with van der Waals surface area (Å²) in [5.74, 6) is -1.56. The minimum atomic E-state index is -0.730. The highest BCUT2D eigenvalue weighted by Crippen LogP contribution is 2.35. The Bertz CT molecular complexity index is 688.